The summed E-state index contributed by atoms with van der Waals surface area (Å²) in [5.41, 5.74) is 3.33. The predicted molar refractivity (Wildman–Crippen MR) is 95.5 cm³/mol. The number of fused-ring (bicyclic) bond motifs is 1. The maximum Gasteiger partial charge on any atom is 0.513 e. The molecule has 132 valence electrons. The number of nitrogens with zero attached hydrogens (tertiary/aromatic N) is 2. The fourth-order valence-electron chi connectivity index (χ4n) is 2.93. The number of carbonyl (C=O) groups is 1. The molecule has 1 aliphatic carbocycles. The Morgan fingerprint density at radius 3 is 2.84 bits per heavy atom. The molecule has 0 saturated carbocycles. The lowest BCUT2D eigenvalue weighted by atomic mass is 9.89. The molecular formula is C20H24N2O3. The fourth-order valence-corrected chi connectivity index (χ4v) is 2.93. The van der Waals surface area contributed by atoms with Crippen LogP contribution in [0.2, 0.25) is 0 Å². The summed E-state index contributed by atoms with van der Waals surface area (Å²) in [5, 5.41) is 0. The summed E-state index contributed by atoms with van der Waals surface area (Å²) in [4.78, 5) is 20.8. The number of ether oxygens (including phenoxy) is 2. The van der Waals surface area contributed by atoms with E-state index in [4.69, 9.17) is 14.5 Å². The number of carbonyl (C=O) groups excluding carboxylic acids is 1. The summed E-state index contributed by atoms with van der Waals surface area (Å²) in [7, 11) is 0. The van der Waals surface area contributed by atoms with Gasteiger partial charge < -0.3 is 9.47 Å². The lowest BCUT2D eigenvalue weighted by Gasteiger charge is -2.20. The van der Waals surface area contributed by atoms with E-state index in [1.54, 1.807) is 12.1 Å². The van der Waals surface area contributed by atoms with Gasteiger partial charge in [-0.05, 0) is 61.4 Å². The van der Waals surface area contributed by atoms with Crippen molar-refractivity contribution in [2.45, 2.75) is 46.0 Å². The Labute approximate surface area is 148 Å². The Bertz CT molecular complexity index is 728. The van der Waals surface area contributed by atoms with E-state index in [1.165, 1.54) is 12.0 Å². The van der Waals surface area contributed by atoms with Crippen molar-refractivity contribution in [3.05, 3.63) is 41.7 Å². The number of aromatic nitrogens is 2. The second-order valence-electron chi connectivity index (χ2n) is 6.59. The van der Waals surface area contributed by atoms with Crippen LogP contribution in [0.25, 0.3) is 11.4 Å². The van der Waals surface area contributed by atoms with Gasteiger partial charge in [0.25, 0.3) is 0 Å². The number of unbranched alkanes of at least 4 members (excludes halogenated alkanes) is 1. The van der Waals surface area contributed by atoms with Crippen molar-refractivity contribution in [1.82, 2.24) is 9.97 Å². The van der Waals surface area contributed by atoms with Crippen LogP contribution >= 0.6 is 0 Å². The molecule has 0 saturated heterocycles. The second-order valence-corrected chi connectivity index (χ2v) is 6.59. The fraction of sp³-hybridized carbons (Fsp3) is 0.450. The molecule has 1 unspecified atom stereocenters. The van der Waals surface area contributed by atoms with Gasteiger partial charge in [0.1, 0.15) is 5.75 Å². The highest BCUT2D eigenvalue weighted by Crippen LogP contribution is 2.26. The van der Waals surface area contributed by atoms with Crippen LogP contribution in [0.1, 0.15) is 44.4 Å². The minimum atomic E-state index is -0.666. The lowest BCUT2D eigenvalue weighted by Crippen LogP contribution is -2.14. The number of aryl methyl sites for hydroxylation is 1. The molecule has 5 nitrogen and oxygen atoms in total. The molecule has 0 spiro atoms. The van der Waals surface area contributed by atoms with Gasteiger partial charge in [-0.1, -0.05) is 20.3 Å². The summed E-state index contributed by atoms with van der Waals surface area (Å²) in [6, 6.07) is 7.20. The maximum atomic E-state index is 11.6. The highest BCUT2D eigenvalue weighted by Gasteiger charge is 2.17. The highest BCUT2D eigenvalue weighted by molar-refractivity contribution is 5.65. The van der Waals surface area contributed by atoms with Crippen molar-refractivity contribution in [2.24, 2.45) is 5.92 Å². The van der Waals surface area contributed by atoms with E-state index in [9.17, 15) is 4.79 Å². The predicted octanol–water partition coefficient (Wildman–Crippen LogP) is 4.58. The molecule has 0 fully saturated rings. The van der Waals surface area contributed by atoms with Crippen LogP contribution < -0.4 is 4.74 Å². The van der Waals surface area contributed by atoms with Crippen LogP contribution in [0.5, 0.6) is 5.75 Å². The van der Waals surface area contributed by atoms with Crippen LogP contribution in [0.4, 0.5) is 4.79 Å². The van der Waals surface area contributed by atoms with E-state index < -0.39 is 6.16 Å². The molecule has 1 aliphatic rings. The van der Waals surface area contributed by atoms with E-state index in [1.807, 2.05) is 25.3 Å². The van der Waals surface area contributed by atoms with E-state index >= 15 is 0 Å². The summed E-state index contributed by atoms with van der Waals surface area (Å²) >= 11 is 0. The van der Waals surface area contributed by atoms with Crippen molar-refractivity contribution in [2.75, 3.05) is 6.61 Å². The van der Waals surface area contributed by atoms with Gasteiger partial charge in [-0.2, -0.15) is 0 Å². The summed E-state index contributed by atoms with van der Waals surface area (Å²) in [6.07, 6.45) is 6.34. The summed E-state index contributed by atoms with van der Waals surface area (Å²) in [5.74, 6) is 1.87. The topological polar surface area (TPSA) is 61.3 Å². The molecule has 0 bridgehead atoms. The van der Waals surface area contributed by atoms with Crippen molar-refractivity contribution in [3.63, 3.8) is 0 Å². The highest BCUT2D eigenvalue weighted by atomic mass is 16.7. The molecule has 1 heterocycles. The first-order chi connectivity index (χ1) is 12.2. The first-order valence-electron chi connectivity index (χ1n) is 8.95. The monoisotopic (exact) mass is 340 g/mol. The molecule has 0 aliphatic heterocycles. The van der Waals surface area contributed by atoms with Gasteiger partial charge in [0.15, 0.2) is 5.82 Å². The third-order valence-corrected chi connectivity index (χ3v) is 4.43. The van der Waals surface area contributed by atoms with Crippen molar-refractivity contribution in [1.29, 1.82) is 0 Å². The van der Waals surface area contributed by atoms with Gasteiger partial charge in [-0.25, -0.2) is 14.8 Å². The Morgan fingerprint density at radius 1 is 1.28 bits per heavy atom. The van der Waals surface area contributed by atoms with Crippen LogP contribution in [-0.2, 0) is 17.6 Å². The molecule has 1 aromatic carbocycles. The summed E-state index contributed by atoms with van der Waals surface area (Å²) < 4.78 is 10.1. The summed E-state index contributed by atoms with van der Waals surface area (Å²) in [6.45, 7) is 4.69. The van der Waals surface area contributed by atoms with Gasteiger partial charge in [-0.15, -0.1) is 0 Å². The number of rotatable bonds is 5. The van der Waals surface area contributed by atoms with Gasteiger partial charge in [-0.3, -0.25) is 0 Å². The average Bonchev–Trinajstić information content (AvgIpc) is 2.62. The van der Waals surface area contributed by atoms with Gasteiger partial charge in [0.05, 0.1) is 6.61 Å². The smallest absolute Gasteiger partial charge is 0.434 e. The van der Waals surface area contributed by atoms with E-state index in [2.05, 4.69) is 11.9 Å². The van der Waals surface area contributed by atoms with Crippen LogP contribution in [0, 0.1) is 5.92 Å². The largest absolute Gasteiger partial charge is 0.513 e. The van der Waals surface area contributed by atoms with Crippen LogP contribution in [0.15, 0.2) is 30.5 Å². The minimum absolute atomic E-state index is 0.384. The van der Waals surface area contributed by atoms with Gasteiger partial charge in [0.2, 0.25) is 0 Å². The standard InChI is InChI=1S/C20H24N2O3/c1-3-4-11-24-20(23)25-17-8-6-15(7-9-17)19-21-13-16-12-14(2)5-10-18(16)22-19/h6-9,13-14H,3-5,10-12H2,1-2H3. The average molecular weight is 340 g/mol. The third kappa shape index (κ3) is 4.56. The Kier molecular flexibility index (Phi) is 5.64. The number of hydrogen-bond acceptors (Lipinski definition) is 5. The van der Waals surface area contributed by atoms with Crippen molar-refractivity contribution >= 4 is 6.16 Å². The first-order valence-corrected chi connectivity index (χ1v) is 8.95. The minimum Gasteiger partial charge on any atom is -0.434 e. The van der Waals surface area contributed by atoms with Crippen LogP contribution in [0.3, 0.4) is 0 Å². The van der Waals surface area contributed by atoms with Crippen molar-refractivity contribution < 1.29 is 14.3 Å². The molecule has 0 N–H and O–H groups in total. The molecule has 1 atom stereocenters. The third-order valence-electron chi connectivity index (χ3n) is 4.43. The molecule has 25 heavy (non-hydrogen) atoms. The SMILES string of the molecule is CCCCOC(=O)Oc1ccc(-c2ncc3c(n2)CCC(C)C3)cc1. The van der Waals surface area contributed by atoms with Gasteiger partial charge in [0, 0.05) is 17.5 Å². The Hall–Kier alpha value is -2.43. The molecule has 0 radical (unpaired) electrons. The van der Waals surface area contributed by atoms with E-state index in [0.717, 1.165) is 36.9 Å². The number of benzene rings is 1. The van der Waals surface area contributed by atoms with Crippen LogP contribution in [-0.4, -0.2) is 22.7 Å². The van der Waals surface area contributed by atoms with Crippen molar-refractivity contribution in [3.8, 4) is 17.1 Å². The Balaban J connectivity index is 1.65. The molecule has 3 rings (SSSR count). The Morgan fingerprint density at radius 2 is 2.08 bits per heavy atom. The van der Waals surface area contributed by atoms with E-state index in [-0.39, 0.29) is 0 Å². The quantitative estimate of drug-likeness (QED) is 0.453. The molecular weight excluding hydrogens is 316 g/mol. The second kappa shape index (κ2) is 8.10. The number of hydrogen-bond donors (Lipinski definition) is 0. The molecule has 0 amide bonds. The maximum absolute atomic E-state index is 11.6. The van der Waals surface area contributed by atoms with Gasteiger partial charge >= 0.3 is 6.16 Å². The van der Waals surface area contributed by atoms with E-state index in [0.29, 0.717) is 24.1 Å². The lowest BCUT2D eigenvalue weighted by molar-refractivity contribution is 0.0978. The zero-order valence-electron chi connectivity index (χ0n) is 14.8. The zero-order valence-corrected chi connectivity index (χ0v) is 14.8. The molecule has 5 heteroatoms. The molecule has 1 aromatic heterocycles. The first kappa shape index (κ1) is 17.4. The zero-order chi connectivity index (χ0) is 17.6. The normalized spacial score (nSPS) is 16.2. The molecule has 2 aromatic rings.